The van der Waals surface area contributed by atoms with Gasteiger partial charge in [0, 0.05) is 5.56 Å². The molecule has 0 radical (unpaired) electrons. The average Bonchev–Trinajstić information content (AvgIpc) is 2.84. The van der Waals surface area contributed by atoms with Gasteiger partial charge in [0.2, 0.25) is 0 Å². The Balaban J connectivity index is 2.14. The zero-order valence-corrected chi connectivity index (χ0v) is 16.1. The van der Waals surface area contributed by atoms with Gasteiger partial charge in [-0.1, -0.05) is 49.1 Å². The van der Waals surface area contributed by atoms with Crippen LogP contribution in [0.2, 0.25) is 0 Å². The molecule has 0 bridgehead atoms. The molecule has 1 aromatic rings. The van der Waals surface area contributed by atoms with Crippen LogP contribution in [0.3, 0.4) is 0 Å². The highest BCUT2D eigenvalue weighted by atomic mass is 32.2. The fraction of sp³-hybridized carbons (Fsp3) is 0.389. The molecular formula is C18H21NO4S2. The van der Waals surface area contributed by atoms with E-state index in [1.165, 1.54) is 16.7 Å². The molecule has 2 rings (SSSR count). The van der Waals surface area contributed by atoms with Crippen LogP contribution < -0.4 is 4.74 Å². The van der Waals surface area contributed by atoms with Gasteiger partial charge in [-0.05, 0) is 32.4 Å². The summed E-state index contributed by atoms with van der Waals surface area (Å²) in [6, 6.07) is 7.46. The van der Waals surface area contributed by atoms with E-state index >= 15 is 0 Å². The zero-order valence-electron chi connectivity index (χ0n) is 14.5. The molecule has 1 saturated heterocycles. The maximum Gasteiger partial charge on any atom is 0.326 e. The number of para-hydroxylation sites is 1. The summed E-state index contributed by atoms with van der Waals surface area (Å²) in [5.74, 6) is -0.0459. The predicted octanol–water partition coefficient (Wildman–Crippen LogP) is 3.63. The smallest absolute Gasteiger partial charge is 0.326 e. The summed E-state index contributed by atoms with van der Waals surface area (Å²) in [4.78, 5) is 26.3. The quantitative estimate of drug-likeness (QED) is 0.410. The van der Waals surface area contributed by atoms with Crippen LogP contribution in [-0.2, 0) is 14.3 Å². The van der Waals surface area contributed by atoms with Crippen molar-refractivity contribution in [3.05, 3.63) is 34.7 Å². The van der Waals surface area contributed by atoms with Crippen LogP contribution in [0.15, 0.2) is 29.2 Å². The van der Waals surface area contributed by atoms with Gasteiger partial charge in [0.25, 0.3) is 5.91 Å². The van der Waals surface area contributed by atoms with Gasteiger partial charge < -0.3 is 9.47 Å². The third-order valence-electron chi connectivity index (χ3n) is 3.57. The van der Waals surface area contributed by atoms with Crippen LogP contribution >= 0.6 is 24.0 Å². The highest BCUT2D eigenvalue weighted by Crippen LogP contribution is 2.34. The van der Waals surface area contributed by atoms with E-state index in [1.807, 2.05) is 45.0 Å². The first kappa shape index (κ1) is 19.5. The Morgan fingerprint density at radius 3 is 2.76 bits per heavy atom. The Hall–Kier alpha value is -1.86. The summed E-state index contributed by atoms with van der Waals surface area (Å²) in [6.45, 7) is 6.01. The number of esters is 1. The molecule has 5 nitrogen and oxygen atoms in total. The van der Waals surface area contributed by atoms with Crippen molar-refractivity contribution in [1.29, 1.82) is 0 Å². The number of nitrogens with zero attached hydrogens (tertiary/aromatic N) is 1. The van der Waals surface area contributed by atoms with Crippen molar-refractivity contribution in [2.75, 3.05) is 13.2 Å². The van der Waals surface area contributed by atoms with Gasteiger partial charge in [0.05, 0.1) is 17.6 Å². The molecule has 0 aromatic heterocycles. The molecule has 1 fully saturated rings. The molecule has 7 heteroatoms. The number of rotatable bonds is 7. The number of ether oxygens (including phenoxy) is 2. The van der Waals surface area contributed by atoms with Crippen LogP contribution in [0.1, 0.15) is 32.8 Å². The second-order valence-electron chi connectivity index (χ2n) is 5.45. The van der Waals surface area contributed by atoms with Crippen LogP contribution in [-0.4, -0.2) is 40.4 Å². The largest absolute Gasteiger partial charge is 0.493 e. The Bertz CT molecular complexity index is 702. The number of thiocarbonyl (C=S) groups is 1. The Morgan fingerprint density at radius 2 is 2.08 bits per heavy atom. The molecule has 0 spiro atoms. The summed E-state index contributed by atoms with van der Waals surface area (Å²) in [5.41, 5.74) is 0.798. The van der Waals surface area contributed by atoms with Gasteiger partial charge in [-0.2, -0.15) is 0 Å². The minimum atomic E-state index is -0.457. The molecule has 0 aliphatic carbocycles. The molecule has 0 N–H and O–H groups in total. The molecule has 1 amide bonds. The summed E-state index contributed by atoms with van der Waals surface area (Å²) in [6.07, 6.45) is 2.28. The summed E-state index contributed by atoms with van der Waals surface area (Å²) in [7, 11) is 0. The van der Waals surface area contributed by atoms with E-state index in [9.17, 15) is 9.59 Å². The predicted molar refractivity (Wildman–Crippen MR) is 103 cm³/mol. The maximum absolute atomic E-state index is 12.6. The molecule has 0 saturated carbocycles. The molecule has 1 aromatic carbocycles. The number of thioether (sulfide) groups is 1. The highest BCUT2D eigenvalue weighted by molar-refractivity contribution is 8.26. The molecule has 25 heavy (non-hydrogen) atoms. The van der Waals surface area contributed by atoms with Crippen LogP contribution in [0.25, 0.3) is 6.08 Å². The minimum absolute atomic E-state index is 0.167. The zero-order chi connectivity index (χ0) is 18.4. The van der Waals surface area contributed by atoms with E-state index in [0.717, 1.165) is 12.0 Å². The number of carbonyl (C=O) groups excluding carboxylic acids is 2. The van der Waals surface area contributed by atoms with Gasteiger partial charge in [0.15, 0.2) is 0 Å². The fourth-order valence-electron chi connectivity index (χ4n) is 2.14. The second kappa shape index (κ2) is 9.01. The van der Waals surface area contributed by atoms with E-state index < -0.39 is 5.97 Å². The van der Waals surface area contributed by atoms with Crippen molar-refractivity contribution in [1.82, 2.24) is 4.90 Å². The van der Waals surface area contributed by atoms with E-state index in [2.05, 4.69) is 0 Å². The molecule has 1 aliphatic rings. The third kappa shape index (κ3) is 5.06. The minimum Gasteiger partial charge on any atom is -0.493 e. The third-order valence-corrected chi connectivity index (χ3v) is 4.95. The van der Waals surface area contributed by atoms with Crippen molar-refractivity contribution >= 4 is 46.3 Å². The topological polar surface area (TPSA) is 55.8 Å². The van der Waals surface area contributed by atoms with Gasteiger partial charge in [-0.3, -0.25) is 14.5 Å². The Morgan fingerprint density at radius 1 is 1.36 bits per heavy atom. The number of hydrogen-bond donors (Lipinski definition) is 0. The lowest BCUT2D eigenvalue weighted by Gasteiger charge is -2.16. The van der Waals surface area contributed by atoms with E-state index in [1.54, 1.807) is 6.08 Å². The summed E-state index contributed by atoms with van der Waals surface area (Å²) >= 11 is 6.42. The monoisotopic (exact) mass is 379 g/mol. The normalized spacial score (nSPS) is 17.1. The molecule has 1 unspecified atom stereocenters. The first-order chi connectivity index (χ1) is 12.0. The first-order valence-corrected chi connectivity index (χ1v) is 9.35. The Labute approximate surface area is 157 Å². The number of amides is 1. The van der Waals surface area contributed by atoms with Crippen LogP contribution in [0, 0.1) is 0 Å². The number of benzene rings is 1. The molecule has 1 aliphatic heterocycles. The fourth-order valence-corrected chi connectivity index (χ4v) is 3.38. The van der Waals surface area contributed by atoms with E-state index in [0.29, 0.717) is 21.6 Å². The van der Waals surface area contributed by atoms with Gasteiger partial charge in [-0.25, -0.2) is 0 Å². The molecular weight excluding hydrogens is 358 g/mol. The van der Waals surface area contributed by atoms with Crippen LogP contribution in [0.4, 0.5) is 0 Å². The molecule has 1 atom stereocenters. The van der Waals surface area contributed by atoms with Crippen molar-refractivity contribution in [2.24, 2.45) is 0 Å². The van der Waals surface area contributed by atoms with Crippen molar-refractivity contribution in [2.45, 2.75) is 33.3 Å². The lowest BCUT2D eigenvalue weighted by Crippen LogP contribution is -2.35. The van der Waals surface area contributed by atoms with Crippen molar-refractivity contribution in [3.8, 4) is 5.75 Å². The van der Waals surface area contributed by atoms with E-state index in [-0.39, 0.29) is 18.6 Å². The summed E-state index contributed by atoms with van der Waals surface area (Å²) < 4.78 is 11.1. The lowest BCUT2D eigenvalue weighted by molar-refractivity contribution is -0.150. The standard InChI is InChI=1S/C18H21NO4S2/c1-4-12(3)23-16(20)11-19-17(21)15(25-18(19)24)10-13-8-6-7-9-14(13)22-5-2/h6-10,12H,4-5,11H2,1-3H3. The van der Waals surface area contributed by atoms with E-state index in [4.69, 9.17) is 21.7 Å². The number of carbonyl (C=O) groups is 2. The van der Waals surface area contributed by atoms with Crippen molar-refractivity contribution < 1.29 is 19.1 Å². The first-order valence-electron chi connectivity index (χ1n) is 8.12. The molecule has 134 valence electrons. The SMILES string of the molecule is CCOc1ccccc1C=C1SC(=S)N(CC(=O)OC(C)CC)C1=O. The average molecular weight is 380 g/mol. The van der Waals surface area contributed by atoms with Gasteiger partial charge >= 0.3 is 5.97 Å². The number of hydrogen-bond acceptors (Lipinski definition) is 6. The Kier molecular flexibility index (Phi) is 7.01. The summed E-state index contributed by atoms with van der Waals surface area (Å²) in [5, 5.41) is 0. The highest BCUT2D eigenvalue weighted by Gasteiger charge is 2.34. The van der Waals surface area contributed by atoms with Gasteiger partial charge in [0.1, 0.15) is 16.6 Å². The van der Waals surface area contributed by atoms with Crippen molar-refractivity contribution in [3.63, 3.8) is 0 Å². The maximum atomic E-state index is 12.6. The van der Waals surface area contributed by atoms with Gasteiger partial charge in [-0.15, -0.1) is 0 Å². The lowest BCUT2D eigenvalue weighted by atomic mass is 10.2. The second-order valence-corrected chi connectivity index (χ2v) is 7.12. The molecule has 1 heterocycles. The van der Waals surface area contributed by atoms with Crippen LogP contribution in [0.5, 0.6) is 5.75 Å².